The zero-order chi connectivity index (χ0) is 22.0. The van der Waals surface area contributed by atoms with E-state index in [0.717, 1.165) is 26.8 Å². The van der Waals surface area contributed by atoms with Crippen LogP contribution in [0.2, 0.25) is 0 Å². The second-order valence-electron chi connectivity index (χ2n) is 6.48. The number of aryl methyl sites for hydroxylation is 1. The molecule has 0 aliphatic carbocycles. The number of urea groups is 1. The highest BCUT2D eigenvalue weighted by Crippen LogP contribution is 2.22. The maximum Gasteiger partial charge on any atom is 0.334 e. The molecule has 1 aromatic carbocycles. The average molecular weight is 457 g/mol. The summed E-state index contributed by atoms with van der Waals surface area (Å²) < 4.78 is 26.3. The van der Waals surface area contributed by atoms with E-state index in [-0.39, 0.29) is 28.2 Å². The highest BCUT2D eigenvalue weighted by molar-refractivity contribution is 7.92. The fraction of sp³-hybridized carbons (Fsp3) is 0.105. The van der Waals surface area contributed by atoms with Crippen molar-refractivity contribution < 1.29 is 18.0 Å². The molecular weight excluding hydrogens is 440 g/mol. The SMILES string of the molecule is Cc1ccc(S(=O)(=O)NC(=O)Nc2cnc(N3N=C(c4ccccc4)CC3=O)cn2)s1. The molecule has 0 saturated heterocycles. The van der Waals surface area contributed by atoms with E-state index in [2.05, 4.69) is 20.4 Å². The molecule has 0 fully saturated rings. The molecule has 0 spiro atoms. The lowest BCUT2D eigenvalue weighted by Crippen LogP contribution is -2.34. The summed E-state index contributed by atoms with van der Waals surface area (Å²) in [5.74, 6) is -0.0646. The molecule has 4 rings (SSSR count). The van der Waals surface area contributed by atoms with Crippen molar-refractivity contribution in [2.24, 2.45) is 5.10 Å². The molecule has 31 heavy (non-hydrogen) atoms. The predicted octanol–water partition coefficient (Wildman–Crippen LogP) is 2.50. The summed E-state index contributed by atoms with van der Waals surface area (Å²) in [6, 6.07) is 11.4. The number of hydrogen-bond donors (Lipinski definition) is 2. The van der Waals surface area contributed by atoms with E-state index >= 15 is 0 Å². The first-order valence-electron chi connectivity index (χ1n) is 9.00. The Morgan fingerprint density at radius 1 is 1.10 bits per heavy atom. The minimum Gasteiger partial charge on any atom is -0.290 e. The highest BCUT2D eigenvalue weighted by Gasteiger charge is 2.27. The van der Waals surface area contributed by atoms with Gasteiger partial charge in [-0.1, -0.05) is 30.3 Å². The highest BCUT2D eigenvalue weighted by atomic mass is 32.2. The first-order valence-corrected chi connectivity index (χ1v) is 11.3. The smallest absolute Gasteiger partial charge is 0.290 e. The molecule has 3 heterocycles. The summed E-state index contributed by atoms with van der Waals surface area (Å²) in [6.07, 6.45) is 2.61. The van der Waals surface area contributed by atoms with Crippen molar-refractivity contribution in [2.45, 2.75) is 17.6 Å². The zero-order valence-corrected chi connectivity index (χ0v) is 17.8. The fourth-order valence-electron chi connectivity index (χ4n) is 2.77. The lowest BCUT2D eigenvalue weighted by Gasteiger charge is -2.11. The summed E-state index contributed by atoms with van der Waals surface area (Å²) in [6.45, 7) is 1.76. The number of anilines is 2. The molecule has 0 saturated carbocycles. The number of rotatable bonds is 5. The van der Waals surface area contributed by atoms with E-state index < -0.39 is 16.1 Å². The van der Waals surface area contributed by atoms with Crippen LogP contribution in [0.15, 0.2) is 64.2 Å². The monoisotopic (exact) mass is 456 g/mol. The third-order valence-electron chi connectivity index (χ3n) is 4.19. The van der Waals surface area contributed by atoms with Gasteiger partial charge in [0, 0.05) is 4.88 Å². The first kappa shape index (κ1) is 20.6. The van der Waals surface area contributed by atoms with Crippen LogP contribution in [-0.4, -0.2) is 36.0 Å². The minimum absolute atomic E-state index is 0.0118. The molecule has 3 aromatic rings. The first-order chi connectivity index (χ1) is 14.8. The van der Waals surface area contributed by atoms with Crippen molar-refractivity contribution in [3.63, 3.8) is 0 Å². The Morgan fingerprint density at radius 3 is 2.52 bits per heavy atom. The van der Waals surface area contributed by atoms with Gasteiger partial charge in [0.15, 0.2) is 11.6 Å². The van der Waals surface area contributed by atoms with Crippen LogP contribution in [0, 0.1) is 6.92 Å². The number of carbonyl (C=O) groups is 2. The van der Waals surface area contributed by atoms with Gasteiger partial charge in [0.1, 0.15) is 4.21 Å². The van der Waals surface area contributed by atoms with Crippen LogP contribution >= 0.6 is 11.3 Å². The van der Waals surface area contributed by atoms with Crippen molar-refractivity contribution in [1.82, 2.24) is 14.7 Å². The number of amides is 3. The van der Waals surface area contributed by atoms with E-state index in [4.69, 9.17) is 0 Å². The second kappa shape index (κ2) is 8.24. The number of carbonyl (C=O) groups excluding carboxylic acids is 2. The van der Waals surface area contributed by atoms with E-state index in [1.165, 1.54) is 18.5 Å². The molecule has 0 atom stereocenters. The largest absolute Gasteiger partial charge is 0.334 e. The third kappa shape index (κ3) is 4.59. The Labute approximate surface area is 181 Å². The summed E-state index contributed by atoms with van der Waals surface area (Å²) in [5.41, 5.74) is 1.45. The van der Waals surface area contributed by atoms with Crippen molar-refractivity contribution in [2.75, 3.05) is 10.3 Å². The molecule has 1 aliphatic rings. The van der Waals surface area contributed by atoms with Gasteiger partial charge >= 0.3 is 6.03 Å². The van der Waals surface area contributed by atoms with Crippen molar-refractivity contribution in [1.29, 1.82) is 0 Å². The van der Waals surface area contributed by atoms with E-state index in [0.29, 0.717) is 5.71 Å². The van der Waals surface area contributed by atoms with Gasteiger partial charge in [0.25, 0.3) is 15.9 Å². The summed E-state index contributed by atoms with van der Waals surface area (Å²) in [7, 11) is -3.98. The summed E-state index contributed by atoms with van der Waals surface area (Å²) >= 11 is 1.05. The van der Waals surface area contributed by atoms with Gasteiger partial charge in [-0.15, -0.1) is 11.3 Å². The molecular formula is C19H16N6O4S2. The predicted molar refractivity (Wildman–Crippen MR) is 116 cm³/mol. The average Bonchev–Trinajstić information content (AvgIpc) is 3.35. The molecule has 12 heteroatoms. The van der Waals surface area contributed by atoms with Crippen molar-refractivity contribution in [3.05, 3.63) is 65.3 Å². The van der Waals surface area contributed by atoms with Crippen LogP contribution in [0.3, 0.4) is 0 Å². The second-order valence-corrected chi connectivity index (χ2v) is 9.68. The van der Waals surface area contributed by atoms with E-state index in [9.17, 15) is 18.0 Å². The Morgan fingerprint density at radius 2 is 1.87 bits per heavy atom. The van der Waals surface area contributed by atoms with Crippen LogP contribution in [0.5, 0.6) is 0 Å². The number of thiophene rings is 1. The van der Waals surface area contributed by atoms with Crippen molar-refractivity contribution >= 4 is 50.6 Å². The van der Waals surface area contributed by atoms with E-state index in [1.807, 2.05) is 35.1 Å². The van der Waals surface area contributed by atoms with Gasteiger partial charge in [-0.05, 0) is 24.6 Å². The number of nitrogens with one attached hydrogen (secondary N) is 2. The quantitative estimate of drug-likeness (QED) is 0.606. The Bertz CT molecular complexity index is 1270. The van der Waals surface area contributed by atoms with Crippen LogP contribution in [0.25, 0.3) is 0 Å². The van der Waals surface area contributed by atoms with Gasteiger partial charge in [-0.25, -0.2) is 27.9 Å². The van der Waals surface area contributed by atoms with Crippen LogP contribution < -0.4 is 15.0 Å². The molecule has 0 bridgehead atoms. The molecule has 0 radical (unpaired) electrons. The number of hydrazone groups is 1. The summed E-state index contributed by atoms with van der Waals surface area (Å²) in [5, 5.41) is 7.75. The fourth-order valence-corrected chi connectivity index (χ4v) is 4.96. The molecule has 0 unspecified atom stereocenters. The number of benzene rings is 1. The number of nitrogens with zero attached hydrogens (tertiary/aromatic N) is 4. The molecule has 10 nitrogen and oxygen atoms in total. The topological polar surface area (TPSA) is 134 Å². The van der Waals surface area contributed by atoms with Gasteiger partial charge < -0.3 is 0 Å². The van der Waals surface area contributed by atoms with Gasteiger partial charge in [0.05, 0.1) is 24.5 Å². The molecule has 1 aliphatic heterocycles. The Balaban J connectivity index is 1.43. The molecule has 2 N–H and O–H groups in total. The number of sulfonamides is 1. The summed E-state index contributed by atoms with van der Waals surface area (Å²) in [4.78, 5) is 33.3. The van der Waals surface area contributed by atoms with E-state index in [1.54, 1.807) is 13.0 Å². The number of aromatic nitrogens is 2. The van der Waals surface area contributed by atoms with Crippen LogP contribution in [0.4, 0.5) is 16.4 Å². The zero-order valence-electron chi connectivity index (χ0n) is 16.1. The van der Waals surface area contributed by atoms with Crippen LogP contribution in [0.1, 0.15) is 16.9 Å². The Hall–Kier alpha value is -3.64. The number of hydrogen-bond acceptors (Lipinski definition) is 8. The normalized spacial score (nSPS) is 13.8. The van der Waals surface area contributed by atoms with Gasteiger partial charge in [-0.3, -0.25) is 10.1 Å². The lowest BCUT2D eigenvalue weighted by atomic mass is 10.1. The minimum atomic E-state index is -3.98. The maximum absolute atomic E-state index is 12.3. The Kier molecular flexibility index (Phi) is 5.48. The van der Waals surface area contributed by atoms with Crippen LogP contribution in [-0.2, 0) is 14.8 Å². The molecule has 158 valence electrons. The lowest BCUT2D eigenvalue weighted by molar-refractivity contribution is -0.116. The third-order valence-corrected chi connectivity index (χ3v) is 7.01. The van der Waals surface area contributed by atoms with Gasteiger partial charge in [0.2, 0.25) is 0 Å². The maximum atomic E-state index is 12.3. The standard InChI is InChI=1S/C19H16N6O4S2/c1-12-7-8-18(30-12)31(28,29)24-19(27)22-15-10-21-16(11-20-15)25-17(26)9-14(23-25)13-5-3-2-4-6-13/h2-8,10-11H,9H2,1H3,(H2,20,22,24,27). The molecule has 3 amide bonds. The molecule has 2 aromatic heterocycles. The van der Waals surface area contributed by atoms with Crippen molar-refractivity contribution in [3.8, 4) is 0 Å². The van der Waals surface area contributed by atoms with Gasteiger partial charge in [-0.2, -0.15) is 10.1 Å².